The molecule has 4 N–H and O–H groups in total. The van der Waals surface area contributed by atoms with E-state index < -0.39 is 0 Å². The van der Waals surface area contributed by atoms with Gasteiger partial charge in [-0.05, 0) is 6.42 Å². The van der Waals surface area contributed by atoms with Gasteiger partial charge in [-0.15, -0.1) is 0 Å². The van der Waals surface area contributed by atoms with E-state index in [1.807, 2.05) is 0 Å². The molecule has 0 rings (SSSR count). The molecule has 0 saturated heterocycles. The van der Waals surface area contributed by atoms with Crippen LogP contribution in [-0.4, -0.2) is 48.8 Å². The smallest absolute Gasteiger partial charge is 0.0710 e. The summed E-state index contributed by atoms with van der Waals surface area (Å²) in [6.07, 6.45) is 4.68. The first-order valence-electron chi connectivity index (χ1n) is 4.80. The summed E-state index contributed by atoms with van der Waals surface area (Å²) in [6, 6.07) is 0. The van der Waals surface area contributed by atoms with Crippen LogP contribution in [0.15, 0.2) is 0 Å². The van der Waals surface area contributed by atoms with E-state index in [1.54, 1.807) is 0 Å². The van der Waals surface area contributed by atoms with E-state index in [9.17, 15) is 0 Å². The molecular formula is C9H26O7Ti. The van der Waals surface area contributed by atoms with Crippen molar-refractivity contribution in [1.82, 2.24) is 0 Å². The molecule has 0 aromatic carbocycles. The maximum absolute atomic E-state index is 8.29. The van der Waals surface area contributed by atoms with Gasteiger partial charge < -0.3 is 5.11 Å². The Hall–Kier alpha value is 0.434. The summed E-state index contributed by atoms with van der Waals surface area (Å²) in [7, 11) is 3.54. The largest absolute Gasteiger partial charge is 0.396 e. The molecule has 0 spiro atoms. The fraction of sp³-hybridized carbons (Fsp3) is 1.00. The predicted molar refractivity (Wildman–Crippen MR) is 60.1 cm³/mol. The van der Waals surface area contributed by atoms with E-state index in [4.69, 9.17) is 20.9 Å². The fourth-order valence-corrected chi connectivity index (χ4v) is 0.539. The average Bonchev–Trinajstić information content (AvgIpc) is 2.22. The Morgan fingerprint density at radius 1 is 0.765 bits per heavy atom. The minimum atomic E-state index is 0. The van der Waals surface area contributed by atoms with Crippen LogP contribution in [0.2, 0.25) is 0 Å². The monoisotopic (exact) mass is 294 g/mol. The van der Waals surface area contributed by atoms with Gasteiger partial charge in [0.15, 0.2) is 0 Å². The van der Waals surface area contributed by atoms with Crippen molar-refractivity contribution in [3.63, 3.8) is 0 Å². The van der Waals surface area contributed by atoms with Gasteiger partial charge in [-0.3, -0.25) is 15.8 Å². The van der Waals surface area contributed by atoms with E-state index in [0.717, 1.165) is 6.42 Å². The second-order valence-corrected chi connectivity index (χ2v) is 2.33. The van der Waals surface area contributed by atoms with Gasteiger partial charge in [0.25, 0.3) is 0 Å². The van der Waals surface area contributed by atoms with Gasteiger partial charge in [0, 0.05) is 28.3 Å². The van der Waals surface area contributed by atoms with Crippen LogP contribution in [0.5, 0.6) is 0 Å². The summed E-state index contributed by atoms with van der Waals surface area (Å²) in [5.41, 5.74) is 0. The second kappa shape index (κ2) is 55.0. The Balaban J connectivity index is -0.0000000411. The van der Waals surface area contributed by atoms with Gasteiger partial charge in [0.1, 0.15) is 0 Å². The number of aliphatic hydroxyl groups is 1. The molecule has 17 heavy (non-hydrogen) atoms. The van der Waals surface area contributed by atoms with E-state index >= 15 is 0 Å². The molecule has 0 aromatic rings. The van der Waals surface area contributed by atoms with Crippen LogP contribution in [0.4, 0.5) is 0 Å². The van der Waals surface area contributed by atoms with Gasteiger partial charge in [0.05, 0.1) is 21.3 Å². The molecule has 0 aliphatic rings. The zero-order valence-electron chi connectivity index (χ0n) is 11.0. The zero-order valence-corrected chi connectivity index (χ0v) is 12.6. The summed E-state index contributed by atoms with van der Waals surface area (Å²) < 4.78 is 0. The first-order valence-corrected chi connectivity index (χ1v) is 4.80. The number of hydrogen-bond donors (Lipinski definition) is 4. The topological polar surface area (TPSA) is 109 Å². The molecule has 0 saturated carbocycles. The van der Waals surface area contributed by atoms with Gasteiger partial charge in [-0.2, -0.15) is 0 Å². The van der Waals surface area contributed by atoms with Crippen molar-refractivity contribution in [3.8, 4) is 0 Å². The molecule has 0 aromatic heterocycles. The van der Waals surface area contributed by atoms with Crippen molar-refractivity contribution in [2.75, 3.05) is 27.9 Å². The number of unbranched alkanes of at least 4 members (excludes halogenated alkanes) is 3. The van der Waals surface area contributed by atoms with Gasteiger partial charge in [0.2, 0.25) is 0 Å². The molecule has 8 heteroatoms. The molecule has 0 bridgehead atoms. The Bertz CT molecular complexity index is 60.6. The number of aliphatic hydroxyl groups excluding tert-OH is 1. The van der Waals surface area contributed by atoms with E-state index in [2.05, 4.69) is 21.6 Å². The summed E-state index contributed by atoms with van der Waals surface area (Å²) >= 11 is 0. The van der Waals surface area contributed by atoms with E-state index in [1.165, 1.54) is 40.6 Å². The summed E-state index contributed by atoms with van der Waals surface area (Å²) in [5.74, 6) is 0. The molecule has 0 unspecified atom stereocenters. The van der Waals surface area contributed by atoms with Crippen LogP contribution < -0.4 is 0 Å². The first-order chi connectivity index (χ1) is 7.66. The van der Waals surface area contributed by atoms with Crippen LogP contribution >= 0.6 is 0 Å². The van der Waals surface area contributed by atoms with Crippen LogP contribution in [-0.2, 0) is 36.4 Å². The molecule has 0 aliphatic heterocycles. The van der Waals surface area contributed by atoms with Crippen molar-refractivity contribution in [2.24, 2.45) is 0 Å². The Kier molecular flexibility index (Phi) is 98.6. The molecule has 108 valence electrons. The number of hydrogen-bond acceptors (Lipinski definition) is 7. The molecular weight excluding hydrogens is 268 g/mol. The van der Waals surface area contributed by atoms with E-state index in [-0.39, 0.29) is 21.7 Å². The SMILES string of the molecule is CCCCCCO.COO.COO.COO.[Ti]. The van der Waals surface area contributed by atoms with Gasteiger partial charge in [-0.1, -0.05) is 26.2 Å². The van der Waals surface area contributed by atoms with Crippen molar-refractivity contribution >= 4 is 0 Å². The Labute approximate surface area is 118 Å². The molecule has 0 fully saturated rings. The Morgan fingerprint density at radius 2 is 1.06 bits per heavy atom. The average molecular weight is 294 g/mol. The van der Waals surface area contributed by atoms with Crippen LogP contribution in [0.25, 0.3) is 0 Å². The van der Waals surface area contributed by atoms with Crippen molar-refractivity contribution in [1.29, 1.82) is 0 Å². The second-order valence-electron chi connectivity index (χ2n) is 2.33. The quantitative estimate of drug-likeness (QED) is 0.271. The number of rotatable bonds is 4. The minimum absolute atomic E-state index is 0. The standard InChI is InChI=1S/C6H14O.3CH4O2.Ti/c1-2-3-4-5-6-7;3*1-3-2;/h7H,2-6H2,1H3;3*2H,1H3;. The third kappa shape index (κ3) is 174. The van der Waals surface area contributed by atoms with Crippen molar-refractivity contribution in [2.45, 2.75) is 32.6 Å². The Morgan fingerprint density at radius 3 is 1.24 bits per heavy atom. The summed E-state index contributed by atoms with van der Waals surface area (Å²) in [4.78, 5) is 9.75. The molecule has 0 heterocycles. The maximum atomic E-state index is 8.29. The van der Waals surface area contributed by atoms with Crippen molar-refractivity contribution in [3.05, 3.63) is 0 Å². The zero-order chi connectivity index (χ0) is 13.7. The molecule has 0 amide bonds. The molecule has 7 nitrogen and oxygen atoms in total. The normalized spacial score (nSPS) is 7.06. The van der Waals surface area contributed by atoms with E-state index in [0.29, 0.717) is 6.61 Å². The summed E-state index contributed by atoms with van der Waals surface area (Å²) in [5, 5.41) is 29.5. The molecule has 0 aliphatic carbocycles. The summed E-state index contributed by atoms with van der Waals surface area (Å²) in [6.45, 7) is 2.53. The fourth-order valence-electron chi connectivity index (χ4n) is 0.539. The van der Waals surface area contributed by atoms with Crippen LogP contribution in [0, 0.1) is 0 Å². The van der Waals surface area contributed by atoms with Crippen molar-refractivity contribution < 1.29 is 57.3 Å². The molecule has 0 radical (unpaired) electrons. The van der Waals surface area contributed by atoms with Gasteiger partial charge in [-0.25, -0.2) is 14.7 Å². The minimum Gasteiger partial charge on any atom is -0.396 e. The van der Waals surface area contributed by atoms with Crippen LogP contribution in [0.3, 0.4) is 0 Å². The predicted octanol–water partition coefficient (Wildman–Crippen LogP) is 1.87. The van der Waals surface area contributed by atoms with Gasteiger partial charge >= 0.3 is 0 Å². The first kappa shape index (κ1) is 30.5. The van der Waals surface area contributed by atoms with Crippen LogP contribution in [0.1, 0.15) is 32.6 Å². The maximum Gasteiger partial charge on any atom is 0.0710 e. The third-order valence-electron chi connectivity index (χ3n) is 1.01. The molecule has 0 atom stereocenters. The third-order valence-corrected chi connectivity index (χ3v) is 1.01.